The number of fused-ring (bicyclic) bond motifs is 1. The van der Waals surface area contributed by atoms with Crippen LogP contribution in [0.2, 0.25) is 0 Å². The zero-order valence-electron chi connectivity index (χ0n) is 14.3. The van der Waals surface area contributed by atoms with Gasteiger partial charge < -0.3 is 4.42 Å². The second-order valence-electron chi connectivity index (χ2n) is 5.92. The monoisotopic (exact) mass is 395 g/mol. The first-order chi connectivity index (χ1) is 13.4. The number of sulfonamides is 1. The normalized spacial score (nSPS) is 11.4. The number of non-ortho nitro benzene ring substituents is 1. The summed E-state index contributed by atoms with van der Waals surface area (Å²) in [6.07, 6.45) is 0. The molecule has 28 heavy (non-hydrogen) atoms. The van der Waals surface area contributed by atoms with Gasteiger partial charge in [0.15, 0.2) is 5.58 Å². The van der Waals surface area contributed by atoms with Gasteiger partial charge in [-0.1, -0.05) is 12.1 Å². The minimum absolute atomic E-state index is 0.0684. The maximum absolute atomic E-state index is 12.4. The lowest BCUT2D eigenvalue weighted by atomic mass is 10.2. The molecule has 1 aromatic heterocycles. The summed E-state index contributed by atoms with van der Waals surface area (Å²) in [5.41, 5.74) is 2.27. The van der Waals surface area contributed by atoms with E-state index in [1.165, 1.54) is 12.1 Å². The number of rotatable bonds is 5. The van der Waals surface area contributed by atoms with Crippen molar-refractivity contribution >= 4 is 32.5 Å². The van der Waals surface area contributed by atoms with Crippen molar-refractivity contribution in [3.63, 3.8) is 0 Å². The number of nitro benzene ring substituents is 1. The van der Waals surface area contributed by atoms with Gasteiger partial charge in [-0.2, -0.15) is 0 Å². The molecule has 8 nitrogen and oxygen atoms in total. The third-order valence-electron chi connectivity index (χ3n) is 4.04. The highest BCUT2D eigenvalue weighted by atomic mass is 32.2. The number of anilines is 1. The molecular formula is C19H13N3O5S. The summed E-state index contributed by atoms with van der Waals surface area (Å²) >= 11 is 0. The number of aromatic nitrogens is 1. The highest BCUT2D eigenvalue weighted by Crippen LogP contribution is 2.26. The second kappa shape index (κ2) is 6.78. The average molecular weight is 395 g/mol. The first-order valence-corrected chi connectivity index (χ1v) is 9.64. The smallest absolute Gasteiger partial charge is 0.269 e. The summed E-state index contributed by atoms with van der Waals surface area (Å²) in [4.78, 5) is 14.4. The Kier molecular flexibility index (Phi) is 4.28. The minimum Gasteiger partial charge on any atom is -0.436 e. The van der Waals surface area contributed by atoms with Crippen molar-refractivity contribution in [2.75, 3.05) is 4.72 Å². The topological polar surface area (TPSA) is 115 Å². The van der Waals surface area contributed by atoms with Crippen LogP contribution in [-0.2, 0) is 10.0 Å². The lowest BCUT2D eigenvalue weighted by Crippen LogP contribution is -2.12. The van der Waals surface area contributed by atoms with Crippen molar-refractivity contribution in [2.45, 2.75) is 4.90 Å². The van der Waals surface area contributed by atoms with E-state index in [1.807, 2.05) is 24.3 Å². The Hall–Kier alpha value is -3.72. The van der Waals surface area contributed by atoms with Crippen LogP contribution in [0.4, 0.5) is 11.4 Å². The van der Waals surface area contributed by atoms with Crippen LogP contribution in [0.15, 0.2) is 82.1 Å². The molecule has 0 bridgehead atoms. The molecule has 3 aromatic carbocycles. The Balaban J connectivity index is 1.55. The van der Waals surface area contributed by atoms with Crippen molar-refractivity contribution < 1.29 is 17.8 Å². The van der Waals surface area contributed by atoms with E-state index in [0.717, 1.165) is 17.6 Å². The van der Waals surface area contributed by atoms with Gasteiger partial charge in [-0.25, -0.2) is 13.4 Å². The standard InChI is InChI=1S/C19H13N3O5S/c23-22(24)15-9-11-16(12-10-15)28(25,26)21-14-7-5-13(6-8-14)19-20-17-3-1-2-4-18(17)27-19/h1-12,21H. The molecule has 0 saturated carbocycles. The second-order valence-corrected chi connectivity index (χ2v) is 7.60. The first kappa shape index (κ1) is 17.7. The number of nitrogens with zero attached hydrogens (tertiary/aromatic N) is 2. The lowest BCUT2D eigenvalue weighted by Gasteiger charge is -2.08. The van der Waals surface area contributed by atoms with E-state index < -0.39 is 14.9 Å². The van der Waals surface area contributed by atoms with Crippen LogP contribution in [0.5, 0.6) is 0 Å². The summed E-state index contributed by atoms with van der Waals surface area (Å²) < 4.78 is 33.0. The molecule has 0 fully saturated rings. The van der Waals surface area contributed by atoms with Crippen LogP contribution >= 0.6 is 0 Å². The summed E-state index contributed by atoms with van der Waals surface area (Å²) in [6.45, 7) is 0. The zero-order valence-corrected chi connectivity index (χ0v) is 15.1. The van der Waals surface area contributed by atoms with Crippen LogP contribution in [0.3, 0.4) is 0 Å². The minimum atomic E-state index is -3.87. The van der Waals surface area contributed by atoms with Gasteiger partial charge in [0.2, 0.25) is 5.89 Å². The van der Waals surface area contributed by atoms with Gasteiger partial charge in [0, 0.05) is 23.4 Å². The number of nitro groups is 1. The molecule has 0 amide bonds. The third kappa shape index (κ3) is 3.42. The summed E-state index contributed by atoms with van der Waals surface area (Å²) in [6, 6.07) is 18.6. The Morgan fingerprint density at radius 1 is 0.929 bits per heavy atom. The van der Waals surface area contributed by atoms with Crippen molar-refractivity contribution in [3.8, 4) is 11.5 Å². The molecule has 0 spiro atoms. The van der Waals surface area contributed by atoms with E-state index >= 15 is 0 Å². The van der Waals surface area contributed by atoms with Crippen LogP contribution in [0.25, 0.3) is 22.6 Å². The number of oxazole rings is 1. The molecule has 0 aliphatic rings. The average Bonchev–Trinajstić information content (AvgIpc) is 3.12. The molecule has 1 N–H and O–H groups in total. The molecule has 0 saturated heterocycles. The Morgan fingerprint density at radius 3 is 2.25 bits per heavy atom. The maximum Gasteiger partial charge on any atom is 0.269 e. The quantitative estimate of drug-likeness (QED) is 0.400. The third-order valence-corrected chi connectivity index (χ3v) is 5.43. The Bertz CT molecular complexity index is 1230. The van der Waals surface area contributed by atoms with Crippen molar-refractivity contribution in [3.05, 3.63) is 82.9 Å². The highest BCUT2D eigenvalue weighted by molar-refractivity contribution is 7.92. The van der Waals surface area contributed by atoms with Crippen molar-refractivity contribution in [2.24, 2.45) is 0 Å². The van der Waals surface area contributed by atoms with Crippen molar-refractivity contribution in [1.82, 2.24) is 4.98 Å². The number of nitrogens with one attached hydrogen (secondary N) is 1. The van der Waals surface area contributed by atoms with Gasteiger partial charge in [0.25, 0.3) is 15.7 Å². The number of hydrogen-bond donors (Lipinski definition) is 1. The highest BCUT2D eigenvalue weighted by Gasteiger charge is 2.16. The van der Waals surface area contributed by atoms with Gasteiger partial charge in [-0.3, -0.25) is 14.8 Å². The summed E-state index contributed by atoms with van der Waals surface area (Å²) in [7, 11) is -3.87. The molecule has 4 aromatic rings. The van der Waals surface area contributed by atoms with Gasteiger partial charge in [0.1, 0.15) is 5.52 Å². The lowest BCUT2D eigenvalue weighted by molar-refractivity contribution is -0.384. The summed E-state index contributed by atoms with van der Waals surface area (Å²) in [5.74, 6) is 0.436. The van der Waals surface area contributed by atoms with Gasteiger partial charge >= 0.3 is 0 Å². The van der Waals surface area contributed by atoms with Gasteiger partial charge in [0.05, 0.1) is 9.82 Å². The van der Waals surface area contributed by atoms with Gasteiger partial charge in [-0.05, 0) is 48.5 Å². The molecule has 0 unspecified atom stereocenters. The molecule has 0 aliphatic carbocycles. The molecule has 1 heterocycles. The van der Waals surface area contributed by atoms with E-state index in [9.17, 15) is 18.5 Å². The van der Waals surface area contributed by atoms with E-state index in [1.54, 1.807) is 24.3 Å². The molecule has 0 atom stereocenters. The fourth-order valence-electron chi connectivity index (χ4n) is 2.64. The van der Waals surface area contributed by atoms with Crippen LogP contribution < -0.4 is 4.72 Å². The predicted molar refractivity (Wildman–Crippen MR) is 103 cm³/mol. The molecule has 0 aliphatic heterocycles. The molecule has 4 rings (SSSR count). The number of hydrogen-bond acceptors (Lipinski definition) is 6. The van der Waals surface area contributed by atoms with Gasteiger partial charge in [-0.15, -0.1) is 0 Å². The van der Waals surface area contributed by atoms with E-state index in [4.69, 9.17) is 4.42 Å². The van der Waals surface area contributed by atoms with E-state index in [0.29, 0.717) is 22.7 Å². The first-order valence-electron chi connectivity index (χ1n) is 8.16. The summed E-state index contributed by atoms with van der Waals surface area (Å²) in [5, 5.41) is 10.7. The SMILES string of the molecule is O=[N+]([O-])c1ccc(S(=O)(=O)Nc2ccc(-c3nc4ccccc4o3)cc2)cc1. The molecule has 9 heteroatoms. The Morgan fingerprint density at radius 2 is 1.61 bits per heavy atom. The van der Waals surface area contributed by atoms with Crippen LogP contribution in [-0.4, -0.2) is 18.3 Å². The fraction of sp³-hybridized carbons (Fsp3) is 0. The van der Waals surface area contributed by atoms with Crippen molar-refractivity contribution in [1.29, 1.82) is 0 Å². The van der Waals surface area contributed by atoms with E-state index in [-0.39, 0.29) is 10.6 Å². The predicted octanol–water partition coefficient (Wildman–Crippen LogP) is 4.20. The zero-order chi connectivity index (χ0) is 19.7. The van der Waals surface area contributed by atoms with Crippen LogP contribution in [0.1, 0.15) is 0 Å². The van der Waals surface area contributed by atoms with E-state index in [2.05, 4.69) is 9.71 Å². The van der Waals surface area contributed by atoms with Crippen LogP contribution in [0, 0.1) is 10.1 Å². The molecular weight excluding hydrogens is 382 g/mol. The largest absolute Gasteiger partial charge is 0.436 e. The molecule has 0 radical (unpaired) electrons. The molecule has 140 valence electrons. The maximum atomic E-state index is 12.4. The fourth-order valence-corrected chi connectivity index (χ4v) is 3.70. The Labute approximate surface area is 159 Å². The number of para-hydroxylation sites is 2. The number of benzene rings is 3.